The highest BCUT2D eigenvalue weighted by Crippen LogP contribution is 2.27. The zero-order valence-corrected chi connectivity index (χ0v) is 7.54. The maximum Gasteiger partial charge on any atom is 0.333 e. The number of carbonyl (C=O) groups excluding carboxylic acids is 1. The van der Waals surface area contributed by atoms with Crippen molar-refractivity contribution in [2.45, 2.75) is 6.92 Å². The van der Waals surface area contributed by atoms with Crippen LogP contribution in [-0.2, 0) is 14.1 Å². The van der Waals surface area contributed by atoms with E-state index in [0.29, 0.717) is 0 Å². The first-order valence-corrected chi connectivity index (χ1v) is 4.94. The molecule has 0 aliphatic heterocycles. The Labute approximate surface area is 70.2 Å². The molecule has 0 aromatic rings. The van der Waals surface area contributed by atoms with Gasteiger partial charge in [0.25, 0.3) is 0 Å². The van der Waals surface area contributed by atoms with Gasteiger partial charge >= 0.3 is 5.97 Å². The maximum absolute atomic E-state index is 10.6. The Hall–Kier alpha value is -0.640. The summed E-state index contributed by atoms with van der Waals surface area (Å²) in [6.07, 6.45) is -0.563. The molecule has 0 aromatic carbocycles. The van der Waals surface area contributed by atoms with E-state index in [2.05, 4.69) is 11.3 Å². The third kappa shape index (κ3) is 6.09. The van der Waals surface area contributed by atoms with Crippen molar-refractivity contribution in [3.63, 3.8) is 0 Å². The minimum Gasteiger partial charge on any atom is -0.779 e. The summed E-state index contributed by atoms with van der Waals surface area (Å²) in [7, 11) is -4.31. The SMILES string of the molecule is C=C(C)C(=O)OCCP(=O)([O-])O. The summed E-state index contributed by atoms with van der Waals surface area (Å²) in [5.41, 5.74) is 0.189. The highest BCUT2D eigenvalue weighted by Gasteiger charge is 2.06. The molecule has 0 heterocycles. The lowest BCUT2D eigenvalue weighted by Crippen LogP contribution is -2.13. The van der Waals surface area contributed by atoms with Crippen LogP contribution in [0.4, 0.5) is 0 Å². The fourth-order valence-electron chi connectivity index (χ4n) is 0.377. The van der Waals surface area contributed by atoms with Gasteiger partial charge in [-0.3, -0.25) is 0 Å². The summed E-state index contributed by atoms with van der Waals surface area (Å²) in [5, 5.41) is 0. The normalized spacial score (nSPS) is 14.9. The molecule has 1 unspecified atom stereocenters. The van der Waals surface area contributed by atoms with Crippen molar-refractivity contribution in [2.24, 2.45) is 0 Å². The fraction of sp³-hybridized carbons (Fsp3) is 0.500. The molecular formula is C6H10O5P-. The smallest absolute Gasteiger partial charge is 0.333 e. The van der Waals surface area contributed by atoms with Gasteiger partial charge in [-0.15, -0.1) is 0 Å². The summed E-state index contributed by atoms with van der Waals surface area (Å²) in [6, 6.07) is 0. The van der Waals surface area contributed by atoms with E-state index < -0.39 is 19.7 Å². The molecule has 5 nitrogen and oxygen atoms in total. The highest BCUT2D eigenvalue weighted by atomic mass is 31.2. The van der Waals surface area contributed by atoms with Crippen LogP contribution in [0.15, 0.2) is 12.2 Å². The number of carbonyl (C=O) groups is 1. The van der Waals surface area contributed by atoms with Crippen molar-refractivity contribution in [1.82, 2.24) is 0 Å². The van der Waals surface area contributed by atoms with Gasteiger partial charge in [-0.2, -0.15) is 0 Å². The van der Waals surface area contributed by atoms with Gasteiger partial charge in [-0.25, -0.2) is 4.79 Å². The Morgan fingerprint density at radius 3 is 2.58 bits per heavy atom. The van der Waals surface area contributed by atoms with Crippen LogP contribution in [0, 0.1) is 0 Å². The number of hydrogen-bond donors (Lipinski definition) is 1. The molecule has 0 saturated heterocycles. The van der Waals surface area contributed by atoms with Crippen molar-refractivity contribution in [3.8, 4) is 0 Å². The van der Waals surface area contributed by atoms with Crippen LogP contribution >= 0.6 is 7.60 Å². The molecule has 1 N–H and O–H groups in total. The predicted molar refractivity (Wildman–Crippen MR) is 40.5 cm³/mol. The molecule has 70 valence electrons. The molecule has 0 saturated carbocycles. The zero-order chi connectivity index (χ0) is 9.78. The summed E-state index contributed by atoms with van der Waals surface area (Å²) in [6.45, 7) is 4.38. The van der Waals surface area contributed by atoms with Gasteiger partial charge in [0.1, 0.15) is 7.60 Å². The second-order valence-electron chi connectivity index (χ2n) is 2.28. The van der Waals surface area contributed by atoms with E-state index in [4.69, 9.17) is 4.89 Å². The topological polar surface area (TPSA) is 86.7 Å². The molecular weight excluding hydrogens is 183 g/mol. The van der Waals surface area contributed by atoms with Crippen LogP contribution in [0.2, 0.25) is 0 Å². The minimum atomic E-state index is -4.31. The van der Waals surface area contributed by atoms with Crippen LogP contribution < -0.4 is 4.89 Å². The van der Waals surface area contributed by atoms with Crippen LogP contribution in [0.5, 0.6) is 0 Å². The molecule has 0 aliphatic carbocycles. The van der Waals surface area contributed by atoms with Crippen LogP contribution in [0.3, 0.4) is 0 Å². The zero-order valence-electron chi connectivity index (χ0n) is 6.65. The van der Waals surface area contributed by atoms with Crippen molar-refractivity contribution in [2.75, 3.05) is 12.8 Å². The third-order valence-corrected chi connectivity index (χ3v) is 1.70. The monoisotopic (exact) mass is 193 g/mol. The average molecular weight is 193 g/mol. The largest absolute Gasteiger partial charge is 0.779 e. The number of esters is 1. The first-order valence-electron chi connectivity index (χ1n) is 3.18. The molecule has 0 radical (unpaired) electrons. The minimum absolute atomic E-state index is 0.189. The summed E-state index contributed by atoms with van der Waals surface area (Å²) in [5.74, 6) is -0.663. The lowest BCUT2D eigenvalue weighted by molar-refractivity contribution is -0.193. The summed E-state index contributed by atoms with van der Waals surface area (Å²) in [4.78, 5) is 29.0. The molecule has 0 spiro atoms. The molecule has 0 rings (SSSR count). The van der Waals surface area contributed by atoms with E-state index in [9.17, 15) is 14.3 Å². The summed E-state index contributed by atoms with van der Waals surface area (Å²) < 4.78 is 14.6. The lowest BCUT2D eigenvalue weighted by atomic mass is 10.4. The second kappa shape index (κ2) is 4.40. The number of ether oxygens (including phenoxy) is 1. The van der Waals surface area contributed by atoms with E-state index in [1.54, 1.807) is 0 Å². The van der Waals surface area contributed by atoms with Crippen molar-refractivity contribution < 1.29 is 23.9 Å². The first-order chi connectivity index (χ1) is 5.33. The number of hydrogen-bond acceptors (Lipinski definition) is 4. The van der Waals surface area contributed by atoms with Gasteiger partial charge in [0, 0.05) is 11.7 Å². The quantitative estimate of drug-likeness (QED) is 0.374. The molecule has 6 heteroatoms. The Balaban J connectivity index is 3.65. The van der Waals surface area contributed by atoms with E-state index in [0.717, 1.165) is 0 Å². The molecule has 12 heavy (non-hydrogen) atoms. The Morgan fingerprint density at radius 2 is 2.25 bits per heavy atom. The molecule has 0 fully saturated rings. The molecule has 0 aromatic heterocycles. The van der Waals surface area contributed by atoms with E-state index in [1.165, 1.54) is 6.92 Å². The van der Waals surface area contributed by atoms with Crippen LogP contribution in [0.25, 0.3) is 0 Å². The van der Waals surface area contributed by atoms with Crippen molar-refractivity contribution in [1.29, 1.82) is 0 Å². The highest BCUT2D eigenvalue weighted by molar-refractivity contribution is 7.50. The Bertz CT molecular complexity index is 228. The Kier molecular flexibility index (Phi) is 4.17. The van der Waals surface area contributed by atoms with E-state index in [-0.39, 0.29) is 12.2 Å². The van der Waals surface area contributed by atoms with Crippen molar-refractivity contribution in [3.05, 3.63) is 12.2 Å². The van der Waals surface area contributed by atoms with Gasteiger partial charge < -0.3 is 19.1 Å². The average Bonchev–Trinajstić information content (AvgIpc) is 1.84. The van der Waals surface area contributed by atoms with E-state index >= 15 is 0 Å². The van der Waals surface area contributed by atoms with Gasteiger partial charge in [0.15, 0.2) is 0 Å². The molecule has 0 bridgehead atoms. The van der Waals surface area contributed by atoms with Gasteiger partial charge in [-0.1, -0.05) is 6.58 Å². The van der Waals surface area contributed by atoms with Crippen LogP contribution in [-0.4, -0.2) is 23.6 Å². The predicted octanol–water partition coefficient (Wildman–Crippen LogP) is -0.349. The lowest BCUT2D eigenvalue weighted by Gasteiger charge is -2.14. The maximum atomic E-state index is 10.6. The standard InChI is InChI=1S/C6H11O5P/c1-5(2)6(7)11-3-4-12(8,9)10/h1,3-4H2,2H3,(H2,8,9,10)/p-1. The second-order valence-corrected chi connectivity index (χ2v) is 4.00. The van der Waals surface area contributed by atoms with Gasteiger partial charge in [0.2, 0.25) is 0 Å². The molecule has 0 amide bonds. The number of rotatable bonds is 4. The fourth-order valence-corrected chi connectivity index (χ4v) is 0.699. The molecule has 0 aliphatic rings. The summed E-state index contributed by atoms with van der Waals surface area (Å²) >= 11 is 0. The van der Waals surface area contributed by atoms with Gasteiger partial charge in [-0.05, 0) is 6.92 Å². The van der Waals surface area contributed by atoms with Gasteiger partial charge in [0.05, 0.1) is 6.61 Å². The van der Waals surface area contributed by atoms with Crippen LogP contribution in [0.1, 0.15) is 6.92 Å². The third-order valence-electron chi connectivity index (χ3n) is 0.955. The van der Waals surface area contributed by atoms with E-state index in [1.807, 2.05) is 0 Å². The molecule has 1 atom stereocenters. The van der Waals surface area contributed by atoms with Crippen molar-refractivity contribution >= 4 is 13.6 Å². The first kappa shape index (κ1) is 11.4. The Morgan fingerprint density at radius 1 is 1.75 bits per heavy atom.